The zero-order chi connectivity index (χ0) is 21.8. The molecule has 0 aromatic heterocycles. The molecule has 0 radical (unpaired) electrons. The lowest BCUT2D eigenvalue weighted by Crippen LogP contribution is -2.47. The highest BCUT2D eigenvalue weighted by molar-refractivity contribution is 5.98. The second-order valence-corrected chi connectivity index (χ2v) is 8.50. The molecule has 2 heterocycles. The minimum atomic E-state index is -0.684. The third kappa shape index (κ3) is 4.85. The number of ketones is 1. The SMILES string of the molecule is O=C(c1cc(F)ccc1F)C1CCN(C(C(=O)N2CCCCC2)c2ccccc2)CC1. The fraction of sp³-hybridized carbons (Fsp3) is 0.440. The van der Waals surface area contributed by atoms with Crippen LogP contribution in [0.1, 0.15) is 54.1 Å². The van der Waals surface area contributed by atoms with Crippen molar-refractivity contribution in [2.75, 3.05) is 26.2 Å². The second kappa shape index (κ2) is 9.69. The molecule has 4 rings (SSSR count). The summed E-state index contributed by atoms with van der Waals surface area (Å²) in [6.45, 7) is 2.70. The number of carbonyl (C=O) groups excluding carboxylic acids is 2. The van der Waals surface area contributed by atoms with Crippen molar-refractivity contribution in [1.82, 2.24) is 9.80 Å². The summed E-state index contributed by atoms with van der Waals surface area (Å²) in [7, 11) is 0. The normalized spacial score (nSPS) is 19.2. The Morgan fingerprint density at radius 1 is 0.871 bits per heavy atom. The van der Waals surface area contributed by atoms with E-state index >= 15 is 0 Å². The highest BCUT2D eigenvalue weighted by atomic mass is 19.1. The molecule has 0 spiro atoms. The summed E-state index contributed by atoms with van der Waals surface area (Å²) in [6, 6.07) is 12.4. The summed E-state index contributed by atoms with van der Waals surface area (Å²) in [5, 5.41) is 0. The topological polar surface area (TPSA) is 40.6 Å². The minimum Gasteiger partial charge on any atom is -0.341 e. The molecule has 2 aliphatic rings. The van der Waals surface area contributed by atoms with Crippen molar-refractivity contribution in [2.45, 2.75) is 38.1 Å². The Kier molecular flexibility index (Phi) is 6.76. The van der Waals surface area contributed by atoms with E-state index in [0.29, 0.717) is 25.9 Å². The summed E-state index contributed by atoms with van der Waals surface area (Å²) in [5.74, 6) is -1.90. The Hall–Kier alpha value is -2.60. The number of hydrogen-bond donors (Lipinski definition) is 0. The van der Waals surface area contributed by atoms with E-state index in [9.17, 15) is 18.4 Å². The van der Waals surface area contributed by atoms with Gasteiger partial charge in [0.05, 0.1) is 5.56 Å². The number of piperidine rings is 2. The average molecular weight is 427 g/mol. The zero-order valence-electron chi connectivity index (χ0n) is 17.6. The van der Waals surface area contributed by atoms with Crippen LogP contribution in [-0.2, 0) is 4.79 Å². The molecule has 0 bridgehead atoms. The first kappa shape index (κ1) is 21.6. The summed E-state index contributed by atoms with van der Waals surface area (Å²) in [4.78, 5) is 30.3. The molecule has 0 saturated carbocycles. The Labute approximate surface area is 181 Å². The predicted molar refractivity (Wildman–Crippen MR) is 115 cm³/mol. The van der Waals surface area contributed by atoms with Crippen molar-refractivity contribution in [3.05, 3.63) is 71.3 Å². The third-order valence-electron chi connectivity index (χ3n) is 6.48. The number of Topliss-reactive ketones (excluding diaryl/α,β-unsaturated/α-hetero) is 1. The largest absolute Gasteiger partial charge is 0.341 e. The lowest BCUT2D eigenvalue weighted by molar-refractivity contribution is -0.138. The molecular formula is C25H28F2N2O2. The van der Waals surface area contributed by atoms with Crippen LogP contribution in [0.4, 0.5) is 8.78 Å². The molecule has 1 atom stereocenters. The van der Waals surface area contributed by atoms with Gasteiger partial charge in [-0.1, -0.05) is 30.3 Å². The van der Waals surface area contributed by atoms with Crippen LogP contribution in [0.2, 0.25) is 0 Å². The van der Waals surface area contributed by atoms with Crippen molar-refractivity contribution >= 4 is 11.7 Å². The van der Waals surface area contributed by atoms with E-state index in [0.717, 1.165) is 56.1 Å². The van der Waals surface area contributed by atoms with Crippen LogP contribution in [-0.4, -0.2) is 47.7 Å². The highest BCUT2D eigenvalue weighted by Crippen LogP contribution is 2.31. The van der Waals surface area contributed by atoms with Crippen LogP contribution in [0, 0.1) is 17.6 Å². The van der Waals surface area contributed by atoms with Gasteiger partial charge in [-0.15, -0.1) is 0 Å². The number of amides is 1. The Morgan fingerprint density at radius 2 is 1.55 bits per heavy atom. The van der Waals surface area contributed by atoms with Crippen LogP contribution in [0.25, 0.3) is 0 Å². The number of carbonyl (C=O) groups is 2. The minimum absolute atomic E-state index is 0.117. The fourth-order valence-electron chi connectivity index (χ4n) is 4.76. The molecule has 31 heavy (non-hydrogen) atoms. The van der Waals surface area contributed by atoms with Gasteiger partial charge in [0, 0.05) is 19.0 Å². The molecule has 6 heteroatoms. The maximum Gasteiger partial charge on any atom is 0.244 e. The van der Waals surface area contributed by atoms with E-state index in [1.165, 1.54) is 0 Å². The Balaban J connectivity index is 1.49. The van der Waals surface area contributed by atoms with E-state index in [2.05, 4.69) is 4.90 Å². The van der Waals surface area contributed by atoms with Gasteiger partial charge in [-0.05, 0) is 69.0 Å². The molecule has 2 aromatic carbocycles. The Morgan fingerprint density at radius 3 is 2.23 bits per heavy atom. The lowest BCUT2D eigenvalue weighted by Gasteiger charge is -2.39. The quantitative estimate of drug-likeness (QED) is 0.656. The maximum atomic E-state index is 14.1. The summed E-state index contributed by atoms with van der Waals surface area (Å²) in [6.07, 6.45) is 4.26. The highest BCUT2D eigenvalue weighted by Gasteiger charge is 2.36. The van der Waals surface area contributed by atoms with Crippen molar-refractivity contribution in [3.63, 3.8) is 0 Å². The standard InChI is InChI=1S/C25H28F2N2O2/c26-20-9-10-22(27)21(17-20)24(30)19-11-15-28(16-12-19)23(18-7-3-1-4-8-18)25(31)29-13-5-2-6-14-29/h1,3-4,7-10,17,19,23H,2,5-6,11-16H2. The van der Waals surface area contributed by atoms with E-state index in [1.54, 1.807) is 0 Å². The van der Waals surface area contributed by atoms with E-state index in [-0.39, 0.29) is 29.2 Å². The molecule has 2 fully saturated rings. The molecule has 2 aromatic rings. The van der Waals surface area contributed by atoms with Crippen molar-refractivity contribution < 1.29 is 18.4 Å². The molecule has 0 N–H and O–H groups in total. The van der Waals surface area contributed by atoms with E-state index < -0.39 is 11.6 Å². The van der Waals surface area contributed by atoms with Crippen LogP contribution in [0.5, 0.6) is 0 Å². The van der Waals surface area contributed by atoms with Gasteiger partial charge in [0.1, 0.15) is 17.7 Å². The third-order valence-corrected chi connectivity index (χ3v) is 6.48. The number of likely N-dealkylation sites (tertiary alicyclic amines) is 2. The summed E-state index contributed by atoms with van der Waals surface area (Å²) in [5.41, 5.74) is 0.779. The zero-order valence-corrected chi connectivity index (χ0v) is 17.6. The maximum absolute atomic E-state index is 14.1. The number of hydrogen-bond acceptors (Lipinski definition) is 3. The van der Waals surface area contributed by atoms with Gasteiger partial charge in [0.25, 0.3) is 0 Å². The van der Waals surface area contributed by atoms with Gasteiger partial charge in [0.15, 0.2) is 5.78 Å². The molecule has 0 aliphatic carbocycles. The first-order chi connectivity index (χ1) is 15.0. The average Bonchev–Trinajstić information content (AvgIpc) is 2.82. The molecular weight excluding hydrogens is 398 g/mol. The van der Waals surface area contributed by atoms with E-state index in [4.69, 9.17) is 0 Å². The number of nitrogens with zero attached hydrogens (tertiary/aromatic N) is 2. The number of halogens is 2. The Bertz CT molecular complexity index is 920. The van der Waals surface area contributed by atoms with Gasteiger partial charge in [0.2, 0.25) is 5.91 Å². The van der Waals surface area contributed by atoms with Crippen molar-refractivity contribution in [1.29, 1.82) is 0 Å². The van der Waals surface area contributed by atoms with Gasteiger partial charge < -0.3 is 4.90 Å². The van der Waals surface area contributed by atoms with Crippen molar-refractivity contribution in [3.8, 4) is 0 Å². The molecule has 1 unspecified atom stereocenters. The number of benzene rings is 2. The lowest BCUT2D eigenvalue weighted by atomic mass is 9.87. The summed E-state index contributed by atoms with van der Waals surface area (Å²) < 4.78 is 27.6. The van der Waals surface area contributed by atoms with Gasteiger partial charge in [-0.2, -0.15) is 0 Å². The molecule has 2 aliphatic heterocycles. The number of rotatable bonds is 5. The first-order valence-corrected chi connectivity index (χ1v) is 11.1. The monoisotopic (exact) mass is 426 g/mol. The smallest absolute Gasteiger partial charge is 0.244 e. The van der Waals surface area contributed by atoms with E-state index in [1.807, 2.05) is 35.2 Å². The van der Waals surface area contributed by atoms with Crippen LogP contribution < -0.4 is 0 Å². The van der Waals surface area contributed by atoms with Crippen LogP contribution in [0.15, 0.2) is 48.5 Å². The van der Waals surface area contributed by atoms with Gasteiger partial charge in [-0.3, -0.25) is 14.5 Å². The first-order valence-electron chi connectivity index (χ1n) is 11.1. The van der Waals surface area contributed by atoms with Gasteiger partial charge >= 0.3 is 0 Å². The van der Waals surface area contributed by atoms with Crippen LogP contribution in [0.3, 0.4) is 0 Å². The molecule has 164 valence electrons. The molecule has 4 nitrogen and oxygen atoms in total. The van der Waals surface area contributed by atoms with Gasteiger partial charge in [-0.25, -0.2) is 8.78 Å². The van der Waals surface area contributed by atoms with Crippen molar-refractivity contribution in [2.24, 2.45) is 5.92 Å². The fourth-order valence-corrected chi connectivity index (χ4v) is 4.76. The molecule has 2 saturated heterocycles. The molecule has 1 amide bonds. The van der Waals surface area contributed by atoms with Crippen LogP contribution >= 0.6 is 0 Å². The predicted octanol–water partition coefficient (Wildman–Crippen LogP) is 4.61. The summed E-state index contributed by atoms with van der Waals surface area (Å²) >= 11 is 0. The second-order valence-electron chi connectivity index (χ2n) is 8.50.